The van der Waals surface area contributed by atoms with Gasteiger partial charge in [0.1, 0.15) is 0 Å². The SMILES string of the molecule is Cc1c(NS(C)(=O)=O)cccc1C(=O)N1c2ccccc2C[C@H]1C. The van der Waals surface area contributed by atoms with Crippen LogP contribution in [0.1, 0.15) is 28.4 Å². The van der Waals surface area contributed by atoms with Gasteiger partial charge in [-0.1, -0.05) is 24.3 Å². The van der Waals surface area contributed by atoms with Crippen LogP contribution in [0.4, 0.5) is 11.4 Å². The van der Waals surface area contributed by atoms with Crippen LogP contribution >= 0.6 is 0 Å². The van der Waals surface area contributed by atoms with Crippen molar-refractivity contribution in [3.05, 3.63) is 59.2 Å². The Hall–Kier alpha value is -2.34. The summed E-state index contributed by atoms with van der Waals surface area (Å²) in [6, 6.07) is 13.0. The van der Waals surface area contributed by atoms with Crippen LogP contribution in [-0.2, 0) is 16.4 Å². The molecule has 0 saturated carbocycles. The number of carbonyl (C=O) groups is 1. The molecular formula is C18H20N2O3S. The predicted octanol–water partition coefficient (Wildman–Crippen LogP) is 2.96. The molecule has 5 nitrogen and oxygen atoms in total. The number of fused-ring (bicyclic) bond motifs is 1. The minimum Gasteiger partial charge on any atom is -0.305 e. The molecule has 2 aromatic carbocycles. The zero-order chi connectivity index (χ0) is 17.5. The fourth-order valence-corrected chi connectivity index (χ4v) is 3.80. The topological polar surface area (TPSA) is 66.5 Å². The number of hydrogen-bond donors (Lipinski definition) is 1. The van der Waals surface area contributed by atoms with E-state index in [1.165, 1.54) is 0 Å². The van der Waals surface area contributed by atoms with E-state index in [9.17, 15) is 13.2 Å². The van der Waals surface area contributed by atoms with Gasteiger partial charge in [-0.3, -0.25) is 9.52 Å². The molecule has 0 aromatic heterocycles. The van der Waals surface area contributed by atoms with E-state index < -0.39 is 10.0 Å². The minimum atomic E-state index is -3.40. The zero-order valence-electron chi connectivity index (χ0n) is 13.9. The van der Waals surface area contributed by atoms with Crippen molar-refractivity contribution in [2.75, 3.05) is 15.9 Å². The van der Waals surface area contributed by atoms with Gasteiger partial charge in [0, 0.05) is 17.3 Å². The van der Waals surface area contributed by atoms with Gasteiger partial charge in [0.2, 0.25) is 10.0 Å². The van der Waals surface area contributed by atoms with Gasteiger partial charge in [0.25, 0.3) is 5.91 Å². The second-order valence-corrected chi connectivity index (χ2v) is 7.96. The van der Waals surface area contributed by atoms with Gasteiger partial charge in [-0.2, -0.15) is 0 Å². The van der Waals surface area contributed by atoms with E-state index >= 15 is 0 Å². The standard InChI is InChI=1S/C18H20N2O3S/c1-12-11-14-7-4-5-10-17(14)20(12)18(21)15-8-6-9-16(13(15)2)19-24(3,22)23/h4-10,12,19H,11H2,1-3H3/t12-/m1/s1. The fourth-order valence-electron chi connectivity index (χ4n) is 3.18. The molecule has 0 spiro atoms. The highest BCUT2D eigenvalue weighted by Gasteiger charge is 2.32. The van der Waals surface area contributed by atoms with Crippen molar-refractivity contribution in [3.63, 3.8) is 0 Å². The highest BCUT2D eigenvalue weighted by molar-refractivity contribution is 7.92. The molecule has 1 amide bonds. The number of para-hydroxylation sites is 1. The first-order chi connectivity index (χ1) is 11.3. The smallest absolute Gasteiger partial charge is 0.258 e. The first-order valence-corrected chi connectivity index (χ1v) is 9.66. The minimum absolute atomic E-state index is 0.0702. The van der Waals surface area contributed by atoms with Gasteiger partial charge in [-0.25, -0.2) is 8.42 Å². The second kappa shape index (κ2) is 5.94. The zero-order valence-corrected chi connectivity index (χ0v) is 14.7. The summed E-state index contributed by atoms with van der Waals surface area (Å²) in [7, 11) is -3.40. The molecule has 2 aromatic rings. The average molecular weight is 344 g/mol. The van der Waals surface area contributed by atoms with Gasteiger partial charge in [0.05, 0.1) is 11.9 Å². The molecule has 3 rings (SSSR count). The summed E-state index contributed by atoms with van der Waals surface area (Å²) >= 11 is 0. The molecule has 1 N–H and O–H groups in total. The molecule has 1 aliphatic heterocycles. The summed E-state index contributed by atoms with van der Waals surface area (Å²) in [4.78, 5) is 14.9. The van der Waals surface area contributed by atoms with Gasteiger partial charge < -0.3 is 4.90 Å². The van der Waals surface area contributed by atoms with Crippen LogP contribution < -0.4 is 9.62 Å². The Morgan fingerprint density at radius 2 is 1.88 bits per heavy atom. The third kappa shape index (κ3) is 3.01. The third-order valence-electron chi connectivity index (χ3n) is 4.29. The number of carbonyl (C=O) groups excluding carboxylic acids is 1. The molecule has 0 unspecified atom stereocenters. The maximum Gasteiger partial charge on any atom is 0.258 e. The summed E-state index contributed by atoms with van der Waals surface area (Å²) < 4.78 is 25.5. The molecule has 0 aliphatic carbocycles. The number of benzene rings is 2. The molecular weight excluding hydrogens is 324 g/mol. The Bertz CT molecular complexity index is 906. The van der Waals surface area contributed by atoms with Crippen molar-refractivity contribution in [3.8, 4) is 0 Å². The molecule has 1 atom stereocenters. The predicted molar refractivity (Wildman–Crippen MR) is 96.1 cm³/mol. The van der Waals surface area contributed by atoms with Crippen LogP contribution in [0.2, 0.25) is 0 Å². The van der Waals surface area contributed by atoms with Crippen LogP contribution in [0.3, 0.4) is 0 Å². The number of nitrogens with one attached hydrogen (secondary N) is 1. The van der Waals surface area contributed by atoms with Crippen molar-refractivity contribution in [2.24, 2.45) is 0 Å². The third-order valence-corrected chi connectivity index (χ3v) is 4.88. The van der Waals surface area contributed by atoms with Gasteiger partial charge in [-0.05, 0) is 49.6 Å². The molecule has 6 heteroatoms. The quantitative estimate of drug-likeness (QED) is 0.931. The van der Waals surface area contributed by atoms with Crippen LogP contribution in [0.5, 0.6) is 0 Å². The summed E-state index contributed by atoms with van der Waals surface area (Å²) in [6.07, 6.45) is 1.92. The van der Waals surface area contributed by atoms with Gasteiger partial charge >= 0.3 is 0 Å². The van der Waals surface area contributed by atoms with E-state index in [4.69, 9.17) is 0 Å². The van der Waals surface area contributed by atoms with E-state index in [0.29, 0.717) is 16.8 Å². The fraction of sp³-hybridized carbons (Fsp3) is 0.278. The normalized spacial score (nSPS) is 16.8. The highest BCUT2D eigenvalue weighted by Crippen LogP contribution is 2.34. The maximum absolute atomic E-state index is 13.1. The molecule has 126 valence electrons. The Kier molecular flexibility index (Phi) is 4.09. The first-order valence-electron chi connectivity index (χ1n) is 7.77. The van der Waals surface area contributed by atoms with Crippen LogP contribution in [0.15, 0.2) is 42.5 Å². The van der Waals surface area contributed by atoms with Crippen molar-refractivity contribution in [1.82, 2.24) is 0 Å². The average Bonchev–Trinajstić information content (AvgIpc) is 2.83. The van der Waals surface area contributed by atoms with Crippen molar-refractivity contribution < 1.29 is 13.2 Å². The molecule has 0 saturated heterocycles. The Morgan fingerprint density at radius 1 is 1.17 bits per heavy atom. The largest absolute Gasteiger partial charge is 0.305 e. The van der Waals surface area contributed by atoms with Crippen LogP contribution in [-0.4, -0.2) is 26.6 Å². The molecule has 1 heterocycles. The van der Waals surface area contributed by atoms with Crippen molar-refractivity contribution in [2.45, 2.75) is 26.3 Å². The van der Waals surface area contributed by atoms with Gasteiger partial charge in [-0.15, -0.1) is 0 Å². The number of rotatable bonds is 3. The van der Waals surface area contributed by atoms with Crippen molar-refractivity contribution in [1.29, 1.82) is 0 Å². The first kappa shape index (κ1) is 16.5. The maximum atomic E-state index is 13.1. The Morgan fingerprint density at radius 3 is 2.58 bits per heavy atom. The number of amides is 1. The lowest BCUT2D eigenvalue weighted by Crippen LogP contribution is -2.36. The summed E-state index contributed by atoms with van der Waals surface area (Å²) in [5.41, 5.74) is 3.65. The Balaban J connectivity index is 2.01. The van der Waals surface area contributed by atoms with E-state index in [1.54, 1.807) is 30.0 Å². The number of nitrogens with zero attached hydrogens (tertiary/aromatic N) is 1. The number of sulfonamides is 1. The van der Waals surface area contributed by atoms with E-state index in [2.05, 4.69) is 4.72 Å². The van der Waals surface area contributed by atoms with Gasteiger partial charge in [0.15, 0.2) is 0 Å². The lowest BCUT2D eigenvalue weighted by Gasteiger charge is -2.24. The number of anilines is 2. The second-order valence-electron chi connectivity index (χ2n) is 6.21. The van der Waals surface area contributed by atoms with Crippen LogP contribution in [0.25, 0.3) is 0 Å². The van der Waals surface area contributed by atoms with E-state index in [-0.39, 0.29) is 11.9 Å². The van der Waals surface area contributed by atoms with Crippen LogP contribution in [0, 0.1) is 6.92 Å². The van der Waals surface area contributed by atoms with Crippen molar-refractivity contribution >= 4 is 27.3 Å². The monoisotopic (exact) mass is 344 g/mol. The van der Waals surface area contributed by atoms with E-state index in [1.807, 2.05) is 31.2 Å². The molecule has 24 heavy (non-hydrogen) atoms. The lowest BCUT2D eigenvalue weighted by molar-refractivity contribution is 0.0981. The summed E-state index contributed by atoms with van der Waals surface area (Å²) in [5, 5.41) is 0. The highest BCUT2D eigenvalue weighted by atomic mass is 32.2. The molecule has 1 aliphatic rings. The summed E-state index contributed by atoms with van der Waals surface area (Å²) in [5.74, 6) is -0.109. The number of hydrogen-bond acceptors (Lipinski definition) is 3. The molecule has 0 radical (unpaired) electrons. The lowest BCUT2D eigenvalue weighted by atomic mass is 10.1. The molecule has 0 bridgehead atoms. The molecule has 0 fully saturated rings. The van der Waals surface area contributed by atoms with E-state index in [0.717, 1.165) is 23.9 Å². The summed E-state index contributed by atoms with van der Waals surface area (Å²) in [6.45, 7) is 3.78. The Labute approximate surface area is 142 Å².